The Morgan fingerprint density at radius 3 is 2.62 bits per heavy atom. The van der Waals surface area contributed by atoms with E-state index in [4.69, 9.17) is 0 Å². The summed E-state index contributed by atoms with van der Waals surface area (Å²) in [6.45, 7) is 1.95. The number of para-hydroxylation sites is 2. The molecule has 1 aromatic heterocycles. The molecule has 0 unspecified atom stereocenters. The molecule has 2 aromatic carbocycles. The summed E-state index contributed by atoms with van der Waals surface area (Å²) in [6, 6.07) is 14.8. The molecular formula is C15H13N5O. The van der Waals surface area contributed by atoms with E-state index in [1.807, 2.05) is 37.3 Å². The van der Waals surface area contributed by atoms with Gasteiger partial charge in [0.2, 0.25) is 0 Å². The standard InChI is InChI=1S/C15H13N5O/c1-11-6-2-4-8-13(11)17-15(21)12-7-3-5-9-14(12)20-10-16-18-19-20/h2-10H,1H3,(H,17,21). The molecule has 6 heteroatoms. The highest BCUT2D eigenvalue weighted by Gasteiger charge is 2.13. The molecule has 6 nitrogen and oxygen atoms in total. The highest BCUT2D eigenvalue weighted by Crippen LogP contribution is 2.18. The third-order valence-electron chi connectivity index (χ3n) is 3.14. The summed E-state index contributed by atoms with van der Waals surface area (Å²) in [7, 11) is 0. The Labute approximate surface area is 121 Å². The van der Waals surface area contributed by atoms with Crippen LogP contribution in [0.25, 0.3) is 5.69 Å². The predicted molar refractivity (Wildman–Crippen MR) is 78.3 cm³/mol. The van der Waals surface area contributed by atoms with E-state index in [0.717, 1.165) is 11.3 Å². The molecule has 1 heterocycles. The number of nitrogens with zero attached hydrogens (tertiary/aromatic N) is 4. The summed E-state index contributed by atoms with van der Waals surface area (Å²) < 4.78 is 1.47. The average Bonchev–Trinajstić information content (AvgIpc) is 3.04. The van der Waals surface area contributed by atoms with Crippen LogP contribution < -0.4 is 5.32 Å². The largest absolute Gasteiger partial charge is 0.322 e. The summed E-state index contributed by atoms with van der Waals surface area (Å²) in [5.74, 6) is -0.199. The molecule has 1 amide bonds. The molecule has 3 aromatic rings. The Hall–Kier alpha value is -3.02. The minimum atomic E-state index is -0.199. The Morgan fingerprint density at radius 2 is 1.86 bits per heavy atom. The summed E-state index contributed by atoms with van der Waals surface area (Å²) in [5, 5.41) is 13.9. The molecule has 0 fully saturated rings. The van der Waals surface area contributed by atoms with Gasteiger partial charge in [0.1, 0.15) is 6.33 Å². The van der Waals surface area contributed by atoms with Crippen molar-refractivity contribution >= 4 is 11.6 Å². The van der Waals surface area contributed by atoms with Gasteiger partial charge < -0.3 is 5.32 Å². The number of hydrogen-bond donors (Lipinski definition) is 1. The van der Waals surface area contributed by atoms with Crippen molar-refractivity contribution in [3.63, 3.8) is 0 Å². The SMILES string of the molecule is Cc1ccccc1NC(=O)c1ccccc1-n1cnnn1. The van der Waals surface area contributed by atoms with Crippen molar-refractivity contribution in [2.24, 2.45) is 0 Å². The minimum Gasteiger partial charge on any atom is -0.322 e. The number of rotatable bonds is 3. The van der Waals surface area contributed by atoms with Gasteiger partial charge in [-0.15, -0.1) is 5.10 Å². The van der Waals surface area contributed by atoms with Gasteiger partial charge in [0.15, 0.2) is 0 Å². The zero-order valence-corrected chi connectivity index (χ0v) is 11.4. The second kappa shape index (κ2) is 5.54. The van der Waals surface area contributed by atoms with E-state index in [0.29, 0.717) is 11.3 Å². The van der Waals surface area contributed by atoms with Crippen molar-refractivity contribution in [2.75, 3.05) is 5.32 Å². The fraction of sp³-hybridized carbons (Fsp3) is 0.0667. The van der Waals surface area contributed by atoms with Crippen molar-refractivity contribution in [2.45, 2.75) is 6.92 Å². The molecular weight excluding hydrogens is 266 g/mol. The molecule has 3 rings (SSSR count). The second-order valence-corrected chi connectivity index (χ2v) is 4.54. The van der Waals surface area contributed by atoms with Crippen molar-refractivity contribution in [1.29, 1.82) is 0 Å². The quantitative estimate of drug-likeness (QED) is 0.798. The van der Waals surface area contributed by atoms with Gasteiger partial charge in [-0.25, -0.2) is 0 Å². The van der Waals surface area contributed by atoms with Crippen LogP contribution in [0.5, 0.6) is 0 Å². The normalized spacial score (nSPS) is 10.3. The molecule has 21 heavy (non-hydrogen) atoms. The van der Waals surface area contributed by atoms with Crippen LogP contribution in [0.2, 0.25) is 0 Å². The average molecular weight is 279 g/mol. The lowest BCUT2D eigenvalue weighted by molar-refractivity contribution is 0.102. The number of carbonyl (C=O) groups is 1. The summed E-state index contributed by atoms with van der Waals surface area (Å²) >= 11 is 0. The Kier molecular flexibility index (Phi) is 3.42. The van der Waals surface area contributed by atoms with Crippen LogP contribution in [0.4, 0.5) is 5.69 Å². The molecule has 0 spiro atoms. The number of nitrogens with one attached hydrogen (secondary N) is 1. The molecule has 0 saturated carbocycles. The van der Waals surface area contributed by atoms with Crippen LogP contribution in [0, 0.1) is 6.92 Å². The fourth-order valence-electron chi connectivity index (χ4n) is 2.04. The van der Waals surface area contributed by atoms with Crippen LogP contribution in [-0.4, -0.2) is 26.1 Å². The molecule has 104 valence electrons. The van der Waals surface area contributed by atoms with Crippen LogP contribution >= 0.6 is 0 Å². The third kappa shape index (κ3) is 2.64. The first-order valence-electron chi connectivity index (χ1n) is 6.45. The maximum absolute atomic E-state index is 12.5. The van der Waals surface area contributed by atoms with E-state index in [2.05, 4.69) is 20.8 Å². The van der Waals surface area contributed by atoms with Crippen LogP contribution in [0.3, 0.4) is 0 Å². The fourth-order valence-corrected chi connectivity index (χ4v) is 2.04. The van der Waals surface area contributed by atoms with Gasteiger partial charge in [0.05, 0.1) is 11.3 Å². The summed E-state index contributed by atoms with van der Waals surface area (Å²) in [6.07, 6.45) is 1.46. The predicted octanol–water partition coefficient (Wildman–Crippen LogP) is 2.22. The van der Waals surface area contributed by atoms with E-state index >= 15 is 0 Å². The van der Waals surface area contributed by atoms with E-state index in [1.54, 1.807) is 18.2 Å². The third-order valence-corrected chi connectivity index (χ3v) is 3.14. The molecule has 0 bridgehead atoms. The highest BCUT2D eigenvalue weighted by atomic mass is 16.1. The number of hydrogen-bond acceptors (Lipinski definition) is 4. The van der Waals surface area contributed by atoms with Gasteiger partial charge in [0, 0.05) is 5.69 Å². The molecule has 0 saturated heterocycles. The monoisotopic (exact) mass is 279 g/mol. The number of carbonyl (C=O) groups excluding carboxylic acids is 1. The van der Waals surface area contributed by atoms with Gasteiger partial charge in [0.25, 0.3) is 5.91 Å². The molecule has 0 aliphatic carbocycles. The first kappa shape index (κ1) is 13.0. The van der Waals surface area contributed by atoms with Gasteiger partial charge in [-0.3, -0.25) is 4.79 Å². The number of amides is 1. The van der Waals surface area contributed by atoms with Gasteiger partial charge >= 0.3 is 0 Å². The Balaban J connectivity index is 1.94. The summed E-state index contributed by atoms with van der Waals surface area (Å²) in [5.41, 5.74) is 2.93. The van der Waals surface area contributed by atoms with Crippen LogP contribution in [0.15, 0.2) is 54.9 Å². The van der Waals surface area contributed by atoms with Crippen LogP contribution in [-0.2, 0) is 0 Å². The first-order valence-corrected chi connectivity index (χ1v) is 6.45. The lowest BCUT2D eigenvalue weighted by Gasteiger charge is -2.10. The molecule has 1 N–H and O–H groups in total. The molecule has 0 aliphatic rings. The smallest absolute Gasteiger partial charge is 0.257 e. The van der Waals surface area contributed by atoms with E-state index in [1.165, 1.54) is 11.0 Å². The van der Waals surface area contributed by atoms with Gasteiger partial charge in [-0.1, -0.05) is 30.3 Å². The van der Waals surface area contributed by atoms with Crippen molar-refractivity contribution < 1.29 is 4.79 Å². The maximum Gasteiger partial charge on any atom is 0.257 e. The number of aryl methyl sites for hydroxylation is 1. The lowest BCUT2D eigenvalue weighted by Crippen LogP contribution is -2.15. The molecule has 0 atom stereocenters. The highest BCUT2D eigenvalue weighted by molar-refractivity contribution is 6.07. The molecule has 0 radical (unpaired) electrons. The number of anilines is 1. The maximum atomic E-state index is 12.5. The van der Waals surface area contributed by atoms with Crippen molar-refractivity contribution in [3.8, 4) is 5.69 Å². The number of benzene rings is 2. The zero-order chi connectivity index (χ0) is 14.7. The van der Waals surface area contributed by atoms with E-state index in [9.17, 15) is 4.79 Å². The van der Waals surface area contributed by atoms with Gasteiger partial charge in [-0.2, -0.15) is 4.68 Å². The topological polar surface area (TPSA) is 72.7 Å². The van der Waals surface area contributed by atoms with Gasteiger partial charge in [-0.05, 0) is 41.1 Å². The second-order valence-electron chi connectivity index (χ2n) is 4.54. The van der Waals surface area contributed by atoms with Crippen molar-refractivity contribution in [1.82, 2.24) is 20.2 Å². The van der Waals surface area contributed by atoms with E-state index < -0.39 is 0 Å². The Bertz CT molecular complexity index is 767. The zero-order valence-electron chi connectivity index (χ0n) is 11.4. The number of tetrazole rings is 1. The van der Waals surface area contributed by atoms with Crippen LogP contribution in [0.1, 0.15) is 15.9 Å². The van der Waals surface area contributed by atoms with Crippen molar-refractivity contribution in [3.05, 3.63) is 66.0 Å². The first-order chi connectivity index (χ1) is 10.3. The summed E-state index contributed by atoms with van der Waals surface area (Å²) in [4.78, 5) is 12.5. The molecule has 0 aliphatic heterocycles. The van der Waals surface area contributed by atoms with E-state index in [-0.39, 0.29) is 5.91 Å². The number of aromatic nitrogens is 4. The lowest BCUT2D eigenvalue weighted by atomic mass is 10.1. The minimum absolute atomic E-state index is 0.199. The Morgan fingerprint density at radius 1 is 1.10 bits per heavy atom.